The van der Waals surface area contributed by atoms with Gasteiger partial charge in [0.25, 0.3) is 0 Å². The third-order valence-electron chi connectivity index (χ3n) is 2.37. The van der Waals surface area contributed by atoms with Gasteiger partial charge in [0.15, 0.2) is 5.96 Å². The van der Waals surface area contributed by atoms with Crippen molar-refractivity contribution in [3.8, 4) is 5.75 Å². The van der Waals surface area contributed by atoms with Crippen LogP contribution in [0.25, 0.3) is 0 Å². The van der Waals surface area contributed by atoms with Gasteiger partial charge in [-0.3, -0.25) is 4.99 Å². The summed E-state index contributed by atoms with van der Waals surface area (Å²) >= 11 is 0. The van der Waals surface area contributed by atoms with E-state index in [1.807, 2.05) is 12.1 Å². The summed E-state index contributed by atoms with van der Waals surface area (Å²) in [5, 5.41) is 0. The van der Waals surface area contributed by atoms with E-state index in [-0.39, 0.29) is 35.4 Å². The van der Waals surface area contributed by atoms with Crippen molar-refractivity contribution in [2.75, 3.05) is 13.2 Å². The van der Waals surface area contributed by atoms with Gasteiger partial charge in [0.1, 0.15) is 12.4 Å². The molecule has 0 saturated heterocycles. The van der Waals surface area contributed by atoms with Crippen LogP contribution in [-0.2, 0) is 5.41 Å². The first kappa shape index (κ1) is 17.0. The molecule has 1 rings (SSSR count). The van der Waals surface area contributed by atoms with Crippen LogP contribution in [-0.4, -0.2) is 19.1 Å². The molecule has 1 aromatic carbocycles. The predicted molar refractivity (Wildman–Crippen MR) is 86.7 cm³/mol. The number of nitrogens with zero attached hydrogens (tertiary/aromatic N) is 1. The van der Waals surface area contributed by atoms with Crippen LogP contribution in [0.3, 0.4) is 0 Å². The van der Waals surface area contributed by atoms with Crippen molar-refractivity contribution in [3.63, 3.8) is 0 Å². The molecule has 1 aromatic rings. The molecule has 5 heteroatoms. The Balaban J connectivity index is 0.00000289. The Bertz CT molecular complexity index is 378. The topological polar surface area (TPSA) is 73.6 Å². The van der Waals surface area contributed by atoms with Crippen LogP contribution in [0.15, 0.2) is 29.3 Å². The molecule has 102 valence electrons. The molecule has 4 N–H and O–H groups in total. The zero-order valence-corrected chi connectivity index (χ0v) is 13.5. The molecule has 0 fully saturated rings. The maximum absolute atomic E-state index is 5.51. The van der Waals surface area contributed by atoms with Crippen molar-refractivity contribution in [2.24, 2.45) is 16.5 Å². The fourth-order valence-electron chi connectivity index (χ4n) is 1.39. The molecule has 0 aliphatic rings. The zero-order chi connectivity index (χ0) is 12.9. The number of benzene rings is 1. The Morgan fingerprint density at radius 2 is 1.72 bits per heavy atom. The van der Waals surface area contributed by atoms with Crippen molar-refractivity contribution in [1.82, 2.24) is 0 Å². The van der Waals surface area contributed by atoms with E-state index in [1.54, 1.807) is 0 Å². The van der Waals surface area contributed by atoms with E-state index >= 15 is 0 Å². The lowest BCUT2D eigenvalue weighted by Gasteiger charge is -2.19. The van der Waals surface area contributed by atoms with E-state index in [0.29, 0.717) is 13.2 Å². The molecule has 0 atom stereocenters. The Labute approximate surface area is 126 Å². The molecule has 0 aliphatic heterocycles. The third-order valence-corrected chi connectivity index (χ3v) is 2.37. The second kappa shape index (κ2) is 7.45. The summed E-state index contributed by atoms with van der Waals surface area (Å²) in [5.41, 5.74) is 11.9. The minimum atomic E-state index is 0. The van der Waals surface area contributed by atoms with Gasteiger partial charge in [-0.05, 0) is 23.1 Å². The molecule has 0 spiro atoms. The maximum atomic E-state index is 5.51. The number of ether oxygens (including phenoxy) is 1. The molecule has 0 saturated carbocycles. The van der Waals surface area contributed by atoms with Gasteiger partial charge >= 0.3 is 0 Å². The molecule has 0 bridgehead atoms. The minimum absolute atomic E-state index is 0. The molecule has 0 aromatic heterocycles. The maximum Gasteiger partial charge on any atom is 0.186 e. The number of hydrogen-bond donors (Lipinski definition) is 2. The molecule has 18 heavy (non-hydrogen) atoms. The SMILES string of the molecule is CC(C)(C)c1ccc(OCCN=C(N)N)cc1.I. The number of guanidine groups is 1. The summed E-state index contributed by atoms with van der Waals surface area (Å²) in [6.07, 6.45) is 0. The van der Waals surface area contributed by atoms with Gasteiger partial charge in [-0.1, -0.05) is 32.9 Å². The van der Waals surface area contributed by atoms with Crippen LogP contribution in [0.5, 0.6) is 5.75 Å². The third kappa shape index (κ3) is 6.09. The summed E-state index contributed by atoms with van der Waals surface area (Å²) in [4.78, 5) is 3.84. The van der Waals surface area contributed by atoms with Gasteiger partial charge in [0, 0.05) is 0 Å². The average molecular weight is 363 g/mol. The highest BCUT2D eigenvalue weighted by Crippen LogP contribution is 2.24. The van der Waals surface area contributed by atoms with Crippen molar-refractivity contribution in [2.45, 2.75) is 26.2 Å². The van der Waals surface area contributed by atoms with Crippen LogP contribution < -0.4 is 16.2 Å². The molecule has 4 nitrogen and oxygen atoms in total. The van der Waals surface area contributed by atoms with Crippen molar-refractivity contribution in [1.29, 1.82) is 0 Å². The van der Waals surface area contributed by atoms with Crippen LogP contribution in [0, 0.1) is 0 Å². The van der Waals surface area contributed by atoms with E-state index in [4.69, 9.17) is 16.2 Å². The molecular formula is C13H22IN3O. The summed E-state index contributed by atoms with van der Waals surface area (Å²) in [5.74, 6) is 0.931. The molecule has 0 amide bonds. The standard InChI is InChI=1S/C13H21N3O.HI/c1-13(2,3)10-4-6-11(7-5-10)17-9-8-16-12(14)15;/h4-7H,8-9H2,1-3H3,(H4,14,15,16);1H. The lowest BCUT2D eigenvalue weighted by atomic mass is 9.87. The van der Waals surface area contributed by atoms with Crippen LogP contribution in [0.1, 0.15) is 26.3 Å². The molecule has 0 unspecified atom stereocenters. The second-order valence-corrected chi connectivity index (χ2v) is 4.93. The molecule has 0 aliphatic carbocycles. The highest BCUT2D eigenvalue weighted by Gasteiger charge is 2.12. The Kier molecular flexibility index (Phi) is 7.05. The first-order valence-electron chi connectivity index (χ1n) is 5.68. The summed E-state index contributed by atoms with van der Waals surface area (Å²) in [6.45, 7) is 7.50. The Hall–Kier alpha value is -0.980. The van der Waals surface area contributed by atoms with Crippen LogP contribution in [0.4, 0.5) is 0 Å². The van der Waals surface area contributed by atoms with Crippen LogP contribution >= 0.6 is 24.0 Å². The first-order valence-corrected chi connectivity index (χ1v) is 5.68. The smallest absolute Gasteiger partial charge is 0.186 e. The summed E-state index contributed by atoms with van der Waals surface area (Å²) in [7, 11) is 0. The second-order valence-electron chi connectivity index (χ2n) is 4.93. The van der Waals surface area contributed by atoms with Crippen LogP contribution in [0.2, 0.25) is 0 Å². The van der Waals surface area contributed by atoms with E-state index in [0.717, 1.165) is 5.75 Å². The number of aliphatic imine (C=N–C) groups is 1. The molecular weight excluding hydrogens is 341 g/mol. The Morgan fingerprint density at radius 1 is 1.17 bits per heavy atom. The average Bonchev–Trinajstić information content (AvgIpc) is 2.23. The van der Waals surface area contributed by atoms with E-state index < -0.39 is 0 Å². The van der Waals surface area contributed by atoms with Crippen molar-refractivity contribution >= 4 is 29.9 Å². The normalized spacial score (nSPS) is 10.4. The number of nitrogens with two attached hydrogens (primary N) is 2. The van der Waals surface area contributed by atoms with Gasteiger partial charge in [0.05, 0.1) is 6.54 Å². The minimum Gasteiger partial charge on any atom is -0.492 e. The highest BCUT2D eigenvalue weighted by atomic mass is 127. The quantitative estimate of drug-likeness (QED) is 0.373. The number of hydrogen-bond acceptors (Lipinski definition) is 2. The van der Waals surface area contributed by atoms with Crippen molar-refractivity contribution in [3.05, 3.63) is 29.8 Å². The van der Waals surface area contributed by atoms with E-state index in [2.05, 4.69) is 37.9 Å². The highest BCUT2D eigenvalue weighted by molar-refractivity contribution is 14.0. The van der Waals surface area contributed by atoms with Gasteiger partial charge in [-0.15, -0.1) is 24.0 Å². The fraction of sp³-hybridized carbons (Fsp3) is 0.462. The predicted octanol–water partition coefficient (Wildman–Crippen LogP) is 2.25. The van der Waals surface area contributed by atoms with Gasteiger partial charge < -0.3 is 16.2 Å². The largest absolute Gasteiger partial charge is 0.492 e. The van der Waals surface area contributed by atoms with Crippen molar-refractivity contribution < 1.29 is 4.74 Å². The van der Waals surface area contributed by atoms with E-state index in [9.17, 15) is 0 Å². The number of rotatable bonds is 4. The van der Waals surface area contributed by atoms with E-state index in [1.165, 1.54) is 5.56 Å². The lowest BCUT2D eigenvalue weighted by Crippen LogP contribution is -2.23. The van der Waals surface area contributed by atoms with Gasteiger partial charge in [-0.2, -0.15) is 0 Å². The van der Waals surface area contributed by atoms with Gasteiger partial charge in [0.2, 0.25) is 0 Å². The lowest BCUT2D eigenvalue weighted by molar-refractivity contribution is 0.328. The monoisotopic (exact) mass is 363 g/mol. The summed E-state index contributed by atoms with van der Waals surface area (Å²) in [6, 6.07) is 8.10. The van der Waals surface area contributed by atoms with Gasteiger partial charge in [-0.25, -0.2) is 0 Å². The molecule has 0 heterocycles. The Morgan fingerprint density at radius 3 is 2.17 bits per heavy atom. The first-order chi connectivity index (χ1) is 7.89. The summed E-state index contributed by atoms with van der Waals surface area (Å²) < 4.78 is 5.51. The fourth-order valence-corrected chi connectivity index (χ4v) is 1.39. The molecule has 0 radical (unpaired) electrons. The zero-order valence-electron chi connectivity index (χ0n) is 11.1. The number of halogens is 1.